The molecule has 2 nitrogen and oxygen atoms in total. The molecule has 0 saturated carbocycles. The van der Waals surface area contributed by atoms with E-state index in [0.29, 0.717) is 0 Å². The second kappa shape index (κ2) is 8.82. The Labute approximate surface area is 44.5 Å². The van der Waals surface area contributed by atoms with Gasteiger partial charge in [-0.25, -0.2) is 0 Å². The summed E-state index contributed by atoms with van der Waals surface area (Å²) < 4.78 is 0. The van der Waals surface area contributed by atoms with Crippen LogP contribution in [0.5, 0.6) is 0 Å². The molecule has 0 atom stereocenters. The van der Waals surface area contributed by atoms with E-state index in [4.69, 9.17) is 10.2 Å². The molecule has 0 bridgehead atoms. The zero-order valence-electron chi connectivity index (χ0n) is 2.62. The normalized spacial score (nSPS) is 6.00. The van der Waals surface area contributed by atoms with Gasteiger partial charge in [0, 0.05) is 20.4 Å². The Morgan fingerprint density at radius 3 is 1.20 bits per heavy atom. The van der Waals surface area contributed by atoms with Crippen LogP contribution in [0.15, 0.2) is 0 Å². The zero-order valence-corrected chi connectivity index (χ0v) is 4.18. The first-order chi connectivity index (χ1) is 1.91. The molecule has 0 heterocycles. The third-order valence-corrected chi connectivity index (χ3v) is 0.1000. The van der Waals surface area contributed by atoms with Crippen molar-refractivity contribution in [2.75, 3.05) is 13.2 Å². The summed E-state index contributed by atoms with van der Waals surface area (Å²) in [5.74, 6) is 0. The van der Waals surface area contributed by atoms with Gasteiger partial charge in [-0.2, -0.15) is 0 Å². The topological polar surface area (TPSA) is 40.5 Å². The van der Waals surface area contributed by atoms with Crippen LogP contribution in [0.3, 0.4) is 0 Å². The molecule has 0 aliphatic carbocycles. The summed E-state index contributed by atoms with van der Waals surface area (Å²) in [7, 11) is 0. The molecule has 0 fully saturated rings. The summed E-state index contributed by atoms with van der Waals surface area (Å²) in [6, 6.07) is 0. The Kier molecular flexibility index (Phi) is 16.1. The van der Waals surface area contributed by atoms with Crippen LogP contribution < -0.4 is 0 Å². The van der Waals surface area contributed by atoms with Crippen LogP contribution in [0, 0.1) is 0 Å². The molecule has 0 saturated heterocycles. The van der Waals surface area contributed by atoms with Crippen molar-refractivity contribution in [2.45, 2.75) is 0 Å². The number of hydrogen-bond acceptors (Lipinski definition) is 2. The number of rotatable bonds is 1. The largest absolute Gasteiger partial charge is 0.394 e. The van der Waals surface area contributed by atoms with Gasteiger partial charge in [-0.3, -0.25) is 0 Å². The van der Waals surface area contributed by atoms with E-state index in [1.165, 1.54) is 0 Å². The van der Waals surface area contributed by atoms with Crippen LogP contribution in [0.25, 0.3) is 0 Å². The Bertz CT molecular complexity index is 9.61. The molecule has 0 aromatic carbocycles. The monoisotopic (exact) mass is 168 g/mol. The van der Waals surface area contributed by atoms with Crippen molar-refractivity contribution in [2.24, 2.45) is 0 Å². The quantitative estimate of drug-likeness (QED) is 0.492. The average Bonchev–Trinajstić information content (AvgIpc) is 1.37. The molecular weight excluding hydrogens is 162 g/mol. The maximum absolute atomic E-state index is 7.62. The molecule has 0 aliphatic rings. The van der Waals surface area contributed by atoms with E-state index in [1.54, 1.807) is 0 Å². The predicted octanol–water partition coefficient (Wildman–Crippen LogP) is -1.03. The molecular formula is C2H6O2Pd. The smallest absolute Gasteiger partial charge is 0.0662 e. The van der Waals surface area contributed by atoms with Crippen LogP contribution in [0.1, 0.15) is 0 Å². The van der Waals surface area contributed by atoms with Crippen LogP contribution in [-0.4, -0.2) is 23.4 Å². The Hall–Kier alpha value is 0.582. The Balaban J connectivity index is 0. The first-order valence-electron chi connectivity index (χ1n) is 1.13. The van der Waals surface area contributed by atoms with E-state index in [1.807, 2.05) is 0 Å². The van der Waals surface area contributed by atoms with Crippen molar-refractivity contribution in [3.63, 3.8) is 0 Å². The van der Waals surface area contributed by atoms with Crippen LogP contribution in [-0.2, 0) is 20.4 Å². The summed E-state index contributed by atoms with van der Waals surface area (Å²) in [6.45, 7) is -0.250. The van der Waals surface area contributed by atoms with E-state index >= 15 is 0 Å². The molecule has 5 heavy (non-hydrogen) atoms. The van der Waals surface area contributed by atoms with Crippen LogP contribution >= 0.6 is 0 Å². The fourth-order valence-electron chi connectivity index (χ4n) is 0. The summed E-state index contributed by atoms with van der Waals surface area (Å²) in [4.78, 5) is 0. The molecule has 36 valence electrons. The van der Waals surface area contributed by atoms with Crippen molar-refractivity contribution >= 4 is 0 Å². The molecule has 0 aromatic rings. The van der Waals surface area contributed by atoms with Gasteiger partial charge in [-0.15, -0.1) is 0 Å². The molecule has 0 amide bonds. The summed E-state index contributed by atoms with van der Waals surface area (Å²) in [6.07, 6.45) is 0. The Morgan fingerprint density at radius 1 is 1.00 bits per heavy atom. The van der Waals surface area contributed by atoms with E-state index in [9.17, 15) is 0 Å². The maximum atomic E-state index is 7.62. The summed E-state index contributed by atoms with van der Waals surface area (Å²) >= 11 is 0. The molecule has 0 aromatic heterocycles. The molecule has 2 N–H and O–H groups in total. The van der Waals surface area contributed by atoms with Crippen molar-refractivity contribution in [1.82, 2.24) is 0 Å². The molecule has 0 aliphatic heterocycles. The first-order valence-corrected chi connectivity index (χ1v) is 1.13. The maximum Gasteiger partial charge on any atom is 0.0662 e. The van der Waals surface area contributed by atoms with Gasteiger partial charge in [-0.1, -0.05) is 0 Å². The zero-order chi connectivity index (χ0) is 3.41. The minimum Gasteiger partial charge on any atom is -0.394 e. The molecule has 3 heteroatoms. The molecule has 0 unspecified atom stereocenters. The van der Waals surface area contributed by atoms with E-state index in [-0.39, 0.29) is 33.6 Å². The van der Waals surface area contributed by atoms with Crippen molar-refractivity contribution < 1.29 is 30.6 Å². The third kappa shape index (κ3) is 12.2. The van der Waals surface area contributed by atoms with Gasteiger partial charge in [0.2, 0.25) is 0 Å². The van der Waals surface area contributed by atoms with Gasteiger partial charge in [0.25, 0.3) is 0 Å². The van der Waals surface area contributed by atoms with Gasteiger partial charge in [0.05, 0.1) is 13.2 Å². The van der Waals surface area contributed by atoms with Crippen molar-refractivity contribution in [1.29, 1.82) is 0 Å². The van der Waals surface area contributed by atoms with Crippen molar-refractivity contribution in [3.8, 4) is 0 Å². The minimum absolute atomic E-state index is 0. The summed E-state index contributed by atoms with van der Waals surface area (Å²) in [5, 5.41) is 15.2. The van der Waals surface area contributed by atoms with E-state index in [2.05, 4.69) is 0 Å². The molecule has 0 spiro atoms. The first kappa shape index (κ1) is 9.13. The second-order valence-corrected chi connectivity index (χ2v) is 0.447. The number of aliphatic hydroxyl groups is 2. The number of hydrogen-bond donors (Lipinski definition) is 2. The SMILES string of the molecule is OCCO.[Pd]. The van der Waals surface area contributed by atoms with Gasteiger partial charge in [-0.05, 0) is 0 Å². The minimum atomic E-state index is -0.125. The number of aliphatic hydroxyl groups excluding tert-OH is 2. The average molecular weight is 168 g/mol. The standard InChI is InChI=1S/C2H6O2.Pd/c3-1-2-4;/h3-4H,1-2H2;. The predicted molar refractivity (Wildman–Crippen MR) is 14.2 cm³/mol. The molecule has 0 rings (SSSR count). The van der Waals surface area contributed by atoms with Gasteiger partial charge >= 0.3 is 0 Å². The fourth-order valence-corrected chi connectivity index (χ4v) is 0. The van der Waals surface area contributed by atoms with E-state index < -0.39 is 0 Å². The third-order valence-electron chi connectivity index (χ3n) is 0.1000. The summed E-state index contributed by atoms with van der Waals surface area (Å²) in [5.41, 5.74) is 0. The van der Waals surface area contributed by atoms with Crippen LogP contribution in [0.4, 0.5) is 0 Å². The second-order valence-electron chi connectivity index (χ2n) is 0.447. The molecule has 0 radical (unpaired) electrons. The fraction of sp³-hybridized carbons (Fsp3) is 1.00. The Morgan fingerprint density at radius 2 is 1.20 bits per heavy atom. The van der Waals surface area contributed by atoms with E-state index in [0.717, 1.165) is 0 Å². The van der Waals surface area contributed by atoms with Crippen LogP contribution in [0.2, 0.25) is 0 Å². The van der Waals surface area contributed by atoms with Gasteiger partial charge in [0.15, 0.2) is 0 Å². The van der Waals surface area contributed by atoms with Gasteiger partial charge in [0.1, 0.15) is 0 Å². The van der Waals surface area contributed by atoms with Crippen molar-refractivity contribution in [3.05, 3.63) is 0 Å². The van der Waals surface area contributed by atoms with Gasteiger partial charge < -0.3 is 10.2 Å².